The van der Waals surface area contributed by atoms with Gasteiger partial charge in [-0.1, -0.05) is 0 Å². The van der Waals surface area contributed by atoms with Crippen LogP contribution >= 0.6 is 0 Å². The van der Waals surface area contributed by atoms with Crippen molar-refractivity contribution in [2.45, 2.75) is 38.1 Å². The monoisotopic (exact) mass is 276 g/mol. The number of ether oxygens (including phenoxy) is 1. The van der Waals surface area contributed by atoms with Crippen molar-refractivity contribution < 1.29 is 4.74 Å². The Morgan fingerprint density at radius 1 is 1.35 bits per heavy atom. The van der Waals surface area contributed by atoms with Crippen molar-refractivity contribution in [3.63, 3.8) is 0 Å². The molecule has 1 atom stereocenters. The molecule has 3 rings (SSSR count). The Bertz CT molecular complexity index is 451. The molecule has 5 heteroatoms. The fraction of sp³-hybridized carbons (Fsp3) is 0.733. The molecule has 1 aromatic rings. The highest BCUT2D eigenvalue weighted by atomic mass is 16.5. The summed E-state index contributed by atoms with van der Waals surface area (Å²) in [6.45, 7) is 3.83. The minimum atomic E-state index is 0.562. The van der Waals surface area contributed by atoms with Gasteiger partial charge in [-0.2, -0.15) is 0 Å². The first-order chi connectivity index (χ1) is 9.90. The Kier molecular flexibility index (Phi) is 4.47. The molecule has 0 radical (unpaired) electrons. The third-order valence-electron chi connectivity index (χ3n) is 4.36. The van der Waals surface area contributed by atoms with Crippen LogP contribution in [0.2, 0.25) is 0 Å². The predicted molar refractivity (Wildman–Crippen MR) is 79.2 cm³/mol. The number of rotatable bonds is 6. The number of nitrogens with one attached hydrogen (secondary N) is 1. The quantitative estimate of drug-likeness (QED) is 0.791. The topological polar surface area (TPSA) is 50.3 Å². The number of aromatic nitrogens is 2. The van der Waals surface area contributed by atoms with Crippen LogP contribution in [0, 0.1) is 0 Å². The summed E-state index contributed by atoms with van der Waals surface area (Å²) in [6.07, 6.45) is 7.74. The van der Waals surface area contributed by atoms with Gasteiger partial charge in [0.2, 0.25) is 0 Å². The molecule has 1 aromatic heterocycles. The number of hydrogen-bond acceptors (Lipinski definition) is 5. The van der Waals surface area contributed by atoms with E-state index in [1.165, 1.54) is 36.3 Å². The van der Waals surface area contributed by atoms with E-state index in [1.807, 2.05) is 0 Å². The summed E-state index contributed by atoms with van der Waals surface area (Å²) in [5, 5.41) is 3.49. The molecule has 2 heterocycles. The lowest BCUT2D eigenvalue weighted by Gasteiger charge is -2.27. The smallest absolute Gasteiger partial charge is 0.135 e. The van der Waals surface area contributed by atoms with Crippen LogP contribution in [0.5, 0.6) is 0 Å². The lowest BCUT2D eigenvalue weighted by molar-refractivity contribution is 0.199. The molecule has 1 aliphatic heterocycles. The lowest BCUT2D eigenvalue weighted by Crippen LogP contribution is -2.39. The van der Waals surface area contributed by atoms with Gasteiger partial charge in [-0.3, -0.25) is 0 Å². The van der Waals surface area contributed by atoms with Crippen LogP contribution in [0.25, 0.3) is 0 Å². The molecule has 1 unspecified atom stereocenters. The highest BCUT2D eigenvalue weighted by Gasteiger charge is 2.29. The second kappa shape index (κ2) is 6.50. The maximum absolute atomic E-state index is 5.08. The Morgan fingerprint density at radius 2 is 2.30 bits per heavy atom. The molecular weight excluding hydrogens is 252 g/mol. The van der Waals surface area contributed by atoms with E-state index < -0.39 is 0 Å². The largest absolute Gasteiger partial charge is 0.383 e. The van der Waals surface area contributed by atoms with Crippen molar-refractivity contribution in [2.75, 3.05) is 38.3 Å². The molecule has 1 fully saturated rings. The molecule has 1 saturated heterocycles. The summed E-state index contributed by atoms with van der Waals surface area (Å²) in [5.74, 6) is 1.20. The Morgan fingerprint density at radius 3 is 3.20 bits per heavy atom. The molecule has 0 amide bonds. The Labute approximate surface area is 120 Å². The lowest BCUT2D eigenvalue weighted by atomic mass is 10.2. The Hall–Kier alpha value is -1.20. The second-order valence-electron chi connectivity index (χ2n) is 5.66. The fourth-order valence-corrected chi connectivity index (χ4v) is 3.36. The van der Waals surface area contributed by atoms with Crippen molar-refractivity contribution in [1.29, 1.82) is 0 Å². The molecule has 110 valence electrons. The summed E-state index contributed by atoms with van der Waals surface area (Å²) in [7, 11) is 1.74. The minimum absolute atomic E-state index is 0.562. The molecule has 0 bridgehead atoms. The van der Waals surface area contributed by atoms with Crippen LogP contribution in [0.4, 0.5) is 5.82 Å². The van der Waals surface area contributed by atoms with Crippen LogP contribution < -0.4 is 10.2 Å². The summed E-state index contributed by atoms with van der Waals surface area (Å²) >= 11 is 0. The van der Waals surface area contributed by atoms with Crippen LogP contribution in [0.1, 0.15) is 30.5 Å². The highest BCUT2D eigenvalue weighted by Crippen LogP contribution is 2.31. The SMILES string of the molecule is COCCNCC1CCCN1c1ncnc2c1CCC2. The normalized spacial score (nSPS) is 21.4. The van der Waals surface area contributed by atoms with E-state index in [4.69, 9.17) is 4.74 Å². The van der Waals surface area contributed by atoms with Gasteiger partial charge in [0.15, 0.2) is 0 Å². The zero-order valence-electron chi connectivity index (χ0n) is 12.3. The number of aryl methyl sites for hydroxylation is 1. The van der Waals surface area contributed by atoms with Gasteiger partial charge in [0, 0.05) is 44.0 Å². The average molecular weight is 276 g/mol. The van der Waals surface area contributed by atoms with Gasteiger partial charge < -0.3 is 15.0 Å². The van der Waals surface area contributed by atoms with Gasteiger partial charge in [0.1, 0.15) is 12.1 Å². The van der Waals surface area contributed by atoms with E-state index in [2.05, 4.69) is 20.2 Å². The molecule has 1 N–H and O–H groups in total. The number of methoxy groups -OCH3 is 1. The molecule has 5 nitrogen and oxygen atoms in total. The molecule has 2 aliphatic rings. The number of nitrogens with zero attached hydrogens (tertiary/aromatic N) is 3. The van der Waals surface area contributed by atoms with E-state index in [9.17, 15) is 0 Å². The summed E-state index contributed by atoms with van der Waals surface area (Å²) in [6, 6.07) is 0.562. The standard InChI is InChI=1S/C15H24N4O/c1-20-9-7-16-10-12-4-3-8-19(12)15-13-5-2-6-14(13)17-11-18-15/h11-12,16H,2-10H2,1H3. The first-order valence-corrected chi connectivity index (χ1v) is 7.69. The van der Waals surface area contributed by atoms with Gasteiger partial charge in [0.05, 0.1) is 6.61 Å². The van der Waals surface area contributed by atoms with Crippen molar-refractivity contribution in [2.24, 2.45) is 0 Å². The first-order valence-electron chi connectivity index (χ1n) is 7.69. The van der Waals surface area contributed by atoms with Crippen molar-refractivity contribution in [3.8, 4) is 0 Å². The average Bonchev–Trinajstić information content (AvgIpc) is 3.11. The highest BCUT2D eigenvalue weighted by molar-refractivity contribution is 5.52. The van der Waals surface area contributed by atoms with E-state index in [0.29, 0.717) is 6.04 Å². The number of fused-ring (bicyclic) bond motifs is 1. The maximum Gasteiger partial charge on any atom is 0.135 e. The first kappa shape index (κ1) is 13.8. The molecule has 0 aromatic carbocycles. The van der Waals surface area contributed by atoms with Crippen molar-refractivity contribution >= 4 is 5.82 Å². The Balaban J connectivity index is 1.68. The van der Waals surface area contributed by atoms with E-state index in [1.54, 1.807) is 13.4 Å². The van der Waals surface area contributed by atoms with Crippen LogP contribution in [0.3, 0.4) is 0 Å². The maximum atomic E-state index is 5.08. The molecule has 1 aliphatic carbocycles. The fourth-order valence-electron chi connectivity index (χ4n) is 3.36. The van der Waals surface area contributed by atoms with Gasteiger partial charge >= 0.3 is 0 Å². The molecule has 20 heavy (non-hydrogen) atoms. The van der Waals surface area contributed by atoms with E-state index in [-0.39, 0.29) is 0 Å². The molecule has 0 saturated carbocycles. The zero-order chi connectivity index (χ0) is 13.8. The van der Waals surface area contributed by atoms with Crippen LogP contribution in [-0.2, 0) is 17.6 Å². The summed E-state index contributed by atoms with van der Waals surface area (Å²) in [4.78, 5) is 11.5. The molecule has 0 spiro atoms. The van der Waals surface area contributed by atoms with Gasteiger partial charge in [-0.15, -0.1) is 0 Å². The summed E-state index contributed by atoms with van der Waals surface area (Å²) < 4.78 is 5.08. The van der Waals surface area contributed by atoms with E-state index in [0.717, 1.165) is 39.1 Å². The third kappa shape index (κ3) is 2.79. The third-order valence-corrected chi connectivity index (χ3v) is 4.36. The summed E-state index contributed by atoms with van der Waals surface area (Å²) in [5.41, 5.74) is 2.67. The van der Waals surface area contributed by atoms with E-state index >= 15 is 0 Å². The van der Waals surface area contributed by atoms with Gasteiger partial charge in [-0.25, -0.2) is 9.97 Å². The number of hydrogen-bond donors (Lipinski definition) is 1. The zero-order valence-corrected chi connectivity index (χ0v) is 12.3. The minimum Gasteiger partial charge on any atom is -0.383 e. The van der Waals surface area contributed by atoms with Gasteiger partial charge in [-0.05, 0) is 32.1 Å². The van der Waals surface area contributed by atoms with Crippen molar-refractivity contribution in [1.82, 2.24) is 15.3 Å². The van der Waals surface area contributed by atoms with Crippen molar-refractivity contribution in [3.05, 3.63) is 17.6 Å². The van der Waals surface area contributed by atoms with Gasteiger partial charge in [0.25, 0.3) is 0 Å². The van der Waals surface area contributed by atoms with Crippen LogP contribution in [0.15, 0.2) is 6.33 Å². The number of anilines is 1. The predicted octanol–water partition coefficient (Wildman–Crippen LogP) is 1.17. The van der Waals surface area contributed by atoms with Crippen LogP contribution in [-0.4, -0.2) is 49.4 Å². The molecular formula is C15H24N4O. The second-order valence-corrected chi connectivity index (χ2v) is 5.66.